The summed E-state index contributed by atoms with van der Waals surface area (Å²) in [5.74, 6) is 1.03. The van der Waals surface area contributed by atoms with Crippen LogP contribution >= 0.6 is 0 Å². The molecule has 2 heterocycles. The molecule has 3 rings (SSSR count). The fourth-order valence-electron chi connectivity index (χ4n) is 3.69. The van der Waals surface area contributed by atoms with E-state index in [1.807, 2.05) is 13.1 Å². The Bertz CT molecular complexity index is 751. The van der Waals surface area contributed by atoms with Gasteiger partial charge in [0, 0.05) is 50.2 Å². The maximum atomic E-state index is 11.2. The van der Waals surface area contributed by atoms with Gasteiger partial charge in [0.1, 0.15) is 0 Å². The van der Waals surface area contributed by atoms with E-state index in [0.29, 0.717) is 12.3 Å². The number of guanidine groups is 1. The number of para-hydroxylation sites is 1. The van der Waals surface area contributed by atoms with Gasteiger partial charge >= 0.3 is 0 Å². The van der Waals surface area contributed by atoms with Gasteiger partial charge in [0.05, 0.1) is 0 Å². The van der Waals surface area contributed by atoms with Crippen molar-refractivity contribution in [1.29, 1.82) is 0 Å². The maximum absolute atomic E-state index is 11.2. The molecular formula is C19H27N5O. The van der Waals surface area contributed by atoms with Crippen LogP contribution in [0.25, 0.3) is 10.9 Å². The molecule has 1 aliphatic rings. The molecule has 1 amide bonds. The second-order valence-electron chi connectivity index (χ2n) is 6.71. The van der Waals surface area contributed by atoms with E-state index in [1.54, 1.807) is 0 Å². The largest absolute Gasteiger partial charge is 0.370 e. The number of H-pyrrole nitrogens is 1. The van der Waals surface area contributed by atoms with Crippen molar-refractivity contribution in [2.45, 2.75) is 25.7 Å². The molecule has 1 atom stereocenters. The second-order valence-corrected chi connectivity index (χ2v) is 6.71. The van der Waals surface area contributed by atoms with Gasteiger partial charge in [0.25, 0.3) is 0 Å². The first-order chi connectivity index (χ1) is 12.2. The third-order valence-electron chi connectivity index (χ3n) is 4.87. The zero-order valence-corrected chi connectivity index (χ0v) is 14.8. The molecule has 0 bridgehead atoms. The Morgan fingerprint density at radius 3 is 3.08 bits per heavy atom. The summed E-state index contributed by atoms with van der Waals surface area (Å²) in [5.41, 5.74) is 7.83. The van der Waals surface area contributed by atoms with Crippen molar-refractivity contribution in [3.05, 3.63) is 36.0 Å². The summed E-state index contributed by atoms with van der Waals surface area (Å²) < 4.78 is 0. The number of nitrogens with one attached hydrogen (secondary N) is 2. The predicted octanol–water partition coefficient (Wildman–Crippen LogP) is 1.87. The average molecular weight is 341 g/mol. The zero-order chi connectivity index (χ0) is 17.6. The van der Waals surface area contributed by atoms with E-state index in [-0.39, 0.29) is 5.91 Å². The molecule has 1 fully saturated rings. The van der Waals surface area contributed by atoms with Gasteiger partial charge in [-0.25, -0.2) is 0 Å². The molecule has 0 radical (unpaired) electrons. The average Bonchev–Trinajstić information content (AvgIpc) is 3.02. The van der Waals surface area contributed by atoms with E-state index in [0.717, 1.165) is 44.9 Å². The molecule has 4 N–H and O–H groups in total. The first-order valence-electron chi connectivity index (χ1n) is 8.96. The van der Waals surface area contributed by atoms with Gasteiger partial charge in [-0.15, -0.1) is 0 Å². The smallest absolute Gasteiger partial charge is 0.217 e. The third kappa shape index (κ3) is 4.32. The number of hydrogen-bond acceptors (Lipinski definition) is 2. The first-order valence-corrected chi connectivity index (χ1v) is 8.96. The minimum atomic E-state index is -0.214. The molecule has 25 heavy (non-hydrogen) atoms. The summed E-state index contributed by atoms with van der Waals surface area (Å²) >= 11 is 0. The summed E-state index contributed by atoms with van der Waals surface area (Å²) in [6.45, 7) is 2.64. The van der Waals surface area contributed by atoms with Crippen molar-refractivity contribution in [3.63, 3.8) is 0 Å². The molecule has 1 aliphatic heterocycles. The van der Waals surface area contributed by atoms with Crippen LogP contribution in [0.1, 0.15) is 24.8 Å². The quantitative estimate of drug-likeness (QED) is 0.573. The highest BCUT2D eigenvalue weighted by Gasteiger charge is 2.23. The molecule has 0 spiro atoms. The Kier molecular flexibility index (Phi) is 5.58. The molecule has 1 unspecified atom stereocenters. The minimum Gasteiger partial charge on any atom is -0.370 e. The highest BCUT2D eigenvalue weighted by atomic mass is 16.1. The molecule has 1 saturated heterocycles. The van der Waals surface area contributed by atoms with E-state index in [1.165, 1.54) is 16.5 Å². The molecule has 6 heteroatoms. The van der Waals surface area contributed by atoms with Gasteiger partial charge in [-0.2, -0.15) is 0 Å². The van der Waals surface area contributed by atoms with Crippen LogP contribution < -0.4 is 11.1 Å². The van der Waals surface area contributed by atoms with Gasteiger partial charge in [0.2, 0.25) is 5.91 Å². The predicted molar refractivity (Wildman–Crippen MR) is 101 cm³/mol. The summed E-state index contributed by atoms with van der Waals surface area (Å²) in [6, 6.07) is 8.35. The summed E-state index contributed by atoms with van der Waals surface area (Å²) in [7, 11) is 1.81. The van der Waals surface area contributed by atoms with Crippen LogP contribution in [0.15, 0.2) is 35.5 Å². The number of fused-ring (bicyclic) bond motifs is 1. The van der Waals surface area contributed by atoms with Crippen molar-refractivity contribution >= 4 is 22.8 Å². The Morgan fingerprint density at radius 2 is 2.28 bits per heavy atom. The van der Waals surface area contributed by atoms with Gasteiger partial charge in [0.15, 0.2) is 5.96 Å². The fraction of sp³-hybridized carbons (Fsp3) is 0.474. The summed E-state index contributed by atoms with van der Waals surface area (Å²) in [4.78, 5) is 21.2. The molecule has 0 aliphatic carbocycles. The van der Waals surface area contributed by atoms with Gasteiger partial charge in [-0.05, 0) is 36.8 Å². The van der Waals surface area contributed by atoms with E-state index in [4.69, 9.17) is 5.73 Å². The number of amides is 1. The van der Waals surface area contributed by atoms with Crippen LogP contribution in [0.4, 0.5) is 0 Å². The Balaban J connectivity index is 1.55. The number of carbonyl (C=O) groups excluding carboxylic acids is 1. The number of nitrogens with two attached hydrogens (primary N) is 1. The number of piperidine rings is 1. The fourth-order valence-corrected chi connectivity index (χ4v) is 3.69. The van der Waals surface area contributed by atoms with Crippen molar-refractivity contribution < 1.29 is 4.79 Å². The lowest BCUT2D eigenvalue weighted by atomic mass is 9.95. The van der Waals surface area contributed by atoms with Crippen LogP contribution in [-0.2, 0) is 11.2 Å². The molecule has 134 valence electrons. The number of aromatic nitrogens is 1. The van der Waals surface area contributed by atoms with Crippen LogP contribution in [0, 0.1) is 5.92 Å². The molecule has 1 aromatic carbocycles. The van der Waals surface area contributed by atoms with E-state index in [2.05, 4.69) is 44.6 Å². The lowest BCUT2D eigenvalue weighted by Gasteiger charge is -2.34. The Hall–Kier alpha value is -2.50. The standard InChI is InChI=1S/C19H27N5O/c1-21-19(24-10-4-5-14(13-24)11-18(20)25)22-9-8-15-12-23-17-7-3-2-6-16(15)17/h2-3,6-7,12,14,23H,4-5,8-11,13H2,1H3,(H2,20,25)(H,21,22). The van der Waals surface area contributed by atoms with Gasteiger partial charge in [-0.1, -0.05) is 18.2 Å². The van der Waals surface area contributed by atoms with Crippen molar-refractivity contribution in [1.82, 2.24) is 15.2 Å². The number of aliphatic imine (C=N–C) groups is 1. The molecule has 0 saturated carbocycles. The molecule has 1 aromatic heterocycles. The van der Waals surface area contributed by atoms with Crippen molar-refractivity contribution in [2.75, 3.05) is 26.7 Å². The highest BCUT2D eigenvalue weighted by Crippen LogP contribution is 2.20. The van der Waals surface area contributed by atoms with Crippen LogP contribution in [0.5, 0.6) is 0 Å². The van der Waals surface area contributed by atoms with Crippen LogP contribution in [0.2, 0.25) is 0 Å². The van der Waals surface area contributed by atoms with E-state index in [9.17, 15) is 4.79 Å². The van der Waals surface area contributed by atoms with E-state index < -0.39 is 0 Å². The first kappa shape index (κ1) is 17.3. The lowest BCUT2D eigenvalue weighted by Crippen LogP contribution is -2.47. The summed E-state index contributed by atoms with van der Waals surface area (Å²) in [6.07, 6.45) is 5.61. The number of aromatic amines is 1. The normalized spacial score (nSPS) is 18.5. The highest BCUT2D eigenvalue weighted by molar-refractivity contribution is 5.83. The Morgan fingerprint density at radius 1 is 1.44 bits per heavy atom. The number of primary amides is 1. The summed E-state index contributed by atoms with van der Waals surface area (Å²) in [5, 5.41) is 4.74. The molecule has 6 nitrogen and oxygen atoms in total. The monoisotopic (exact) mass is 341 g/mol. The van der Waals surface area contributed by atoms with Gasteiger partial charge < -0.3 is 20.9 Å². The SMILES string of the molecule is CN=C(NCCc1c[nH]c2ccccc12)N1CCCC(CC(N)=O)C1. The minimum absolute atomic E-state index is 0.214. The second kappa shape index (κ2) is 8.05. The zero-order valence-electron chi connectivity index (χ0n) is 14.8. The van der Waals surface area contributed by atoms with Crippen LogP contribution in [0.3, 0.4) is 0 Å². The van der Waals surface area contributed by atoms with Crippen LogP contribution in [-0.4, -0.2) is 48.4 Å². The number of benzene rings is 1. The lowest BCUT2D eigenvalue weighted by molar-refractivity contribution is -0.119. The van der Waals surface area contributed by atoms with Crippen molar-refractivity contribution in [3.8, 4) is 0 Å². The number of nitrogens with zero attached hydrogens (tertiary/aromatic N) is 2. The molecule has 2 aromatic rings. The molecular weight excluding hydrogens is 314 g/mol. The maximum Gasteiger partial charge on any atom is 0.217 e. The number of carbonyl (C=O) groups is 1. The third-order valence-corrected chi connectivity index (χ3v) is 4.87. The number of rotatable bonds is 5. The van der Waals surface area contributed by atoms with E-state index >= 15 is 0 Å². The van der Waals surface area contributed by atoms with Gasteiger partial charge in [-0.3, -0.25) is 9.79 Å². The Labute approximate surface area is 148 Å². The number of likely N-dealkylation sites (tertiary alicyclic amines) is 1. The topological polar surface area (TPSA) is 86.5 Å². The van der Waals surface area contributed by atoms with Crippen molar-refractivity contribution in [2.24, 2.45) is 16.6 Å². The number of hydrogen-bond donors (Lipinski definition) is 3.